The molecule has 0 aliphatic rings. The Labute approximate surface area is 109 Å². The molecule has 102 valence electrons. The molecule has 0 aromatic heterocycles. The summed E-state index contributed by atoms with van der Waals surface area (Å²) in [6, 6.07) is 0. The van der Waals surface area contributed by atoms with Crippen molar-refractivity contribution in [3.05, 3.63) is 20.4 Å². The minimum atomic E-state index is -0.378. The maximum absolute atomic E-state index is 11.8. The van der Waals surface area contributed by atoms with Crippen LogP contribution < -0.4 is 21.1 Å². The second kappa shape index (κ2) is 5.55. The molecule has 0 amide bonds. The lowest BCUT2D eigenvalue weighted by atomic mass is 10.1. The van der Waals surface area contributed by atoms with Gasteiger partial charge in [0.25, 0.3) is 10.9 Å². The number of hydrogen-bond acceptors (Lipinski definition) is 4. The number of hydrogen-bond donors (Lipinski definition) is 1. The summed E-state index contributed by atoms with van der Waals surface area (Å²) in [4.78, 5) is 25.5. The molecule has 1 rings (SSSR count). The van der Waals surface area contributed by atoms with Gasteiger partial charge in [0.15, 0.2) is 0 Å². The first-order chi connectivity index (χ1) is 8.31. The molecule has 0 bridgehead atoms. The van der Waals surface area contributed by atoms with Gasteiger partial charge in [0.1, 0.15) is 11.4 Å². The van der Waals surface area contributed by atoms with Crippen molar-refractivity contribution in [2.24, 2.45) is 0 Å². The Morgan fingerprint density at radius 3 is 1.89 bits per heavy atom. The van der Waals surface area contributed by atoms with Gasteiger partial charge in [0.05, 0.1) is 0 Å². The van der Waals surface area contributed by atoms with Crippen molar-refractivity contribution in [3.63, 3.8) is 0 Å². The van der Waals surface area contributed by atoms with Crippen LogP contribution in [0, 0.1) is 0 Å². The van der Waals surface area contributed by atoms with Crippen LogP contribution in [0.15, 0.2) is 9.59 Å². The maximum Gasteiger partial charge on any atom is 0.253 e. The molecule has 4 nitrogen and oxygen atoms in total. The molecule has 0 unspecified atom stereocenters. The van der Waals surface area contributed by atoms with Crippen LogP contribution in [0.2, 0.25) is 0 Å². The molecule has 4 heteroatoms. The van der Waals surface area contributed by atoms with E-state index in [1.165, 1.54) is 0 Å². The van der Waals surface area contributed by atoms with Crippen molar-refractivity contribution in [3.8, 4) is 0 Å². The van der Waals surface area contributed by atoms with E-state index in [1.54, 1.807) is 0 Å². The van der Waals surface area contributed by atoms with Gasteiger partial charge in [0, 0.05) is 18.6 Å². The number of nitrogens with zero attached hydrogens (tertiary/aromatic N) is 1. The second-order valence-corrected chi connectivity index (χ2v) is 5.74. The first kappa shape index (κ1) is 14.7. The topological polar surface area (TPSA) is 49.4 Å². The van der Waals surface area contributed by atoms with Crippen molar-refractivity contribution in [1.82, 2.24) is 0 Å². The zero-order valence-corrected chi connectivity index (χ0v) is 12.1. The quantitative estimate of drug-likeness (QED) is 0.788. The van der Waals surface area contributed by atoms with E-state index in [1.807, 2.05) is 25.7 Å². The minimum Gasteiger partial charge on any atom is -0.375 e. The van der Waals surface area contributed by atoms with Gasteiger partial charge in [0.2, 0.25) is 0 Å². The lowest BCUT2D eigenvalue weighted by Gasteiger charge is -2.30. The Hall–Kier alpha value is -1.32. The van der Waals surface area contributed by atoms with E-state index in [0.29, 0.717) is 11.4 Å². The van der Waals surface area contributed by atoms with Gasteiger partial charge < -0.3 is 10.2 Å². The summed E-state index contributed by atoms with van der Waals surface area (Å²) >= 11 is 0. The Kier molecular flexibility index (Phi) is 4.54. The Balaban J connectivity index is 3.04. The van der Waals surface area contributed by atoms with Crippen LogP contribution in [0.1, 0.15) is 47.5 Å². The predicted molar refractivity (Wildman–Crippen MR) is 77.5 cm³/mol. The average Bonchev–Trinajstić information content (AvgIpc) is 2.27. The molecule has 0 saturated carbocycles. The summed E-state index contributed by atoms with van der Waals surface area (Å²) in [5.74, 6) is 0. The van der Waals surface area contributed by atoms with E-state index in [4.69, 9.17) is 0 Å². The highest BCUT2D eigenvalue weighted by Gasteiger charge is 2.27. The molecule has 0 aliphatic carbocycles. The SMILES string of the molecule is CCCN(CCC)c1c(NC(C)(C)C)c(=O)c1=O. The summed E-state index contributed by atoms with van der Waals surface area (Å²) in [6.45, 7) is 11.7. The first-order valence-corrected chi connectivity index (χ1v) is 6.68. The molecule has 0 spiro atoms. The number of nitrogens with one attached hydrogen (secondary N) is 1. The van der Waals surface area contributed by atoms with Crippen LogP contribution >= 0.6 is 0 Å². The van der Waals surface area contributed by atoms with Crippen molar-refractivity contribution in [2.75, 3.05) is 23.3 Å². The van der Waals surface area contributed by atoms with Gasteiger partial charge in [-0.25, -0.2) is 0 Å². The fourth-order valence-electron chi connectivity index (χ4n) is 2.05. The smallest absolute Gasteiger partial charge is 0.253 e. The third-order valence-electron chi connectivity index (χ3n) is 2.69. The summed E-state index contributed by atoms with van der Waals surface area (Å²) in [5.41, 5.74) is 0.148. The molecule has 0 aliphatic heterocycles. The zero-order chi connectivity index (χ0) is 13.9. The van der Waals surface area contributed by atoms with Crippen LogP contribution in [0.25, 0.3) is 0 Å². The zero-order valence-electron chi connectivity index (χ0n) is 12.1. The Morgan fingerprint density at radius 2 is 1.50 bits per heavy atom. The molecule has 0 heterocycles. The van der Waals surface area contributed by atoms with Crippen LogP contribution in [0.3, 0.4) is 0 Å². The van der Waals surface area contributed by atoms with Gasteiger partial charge in [-0.1, -0.05) is 13.8 Å². The van der Waals surface area contributed by atoms with Crippen LogP contribution in [-0.4, -0.2) is 18.6 Å². The number of rotatable bonds is 6. The van der Waals surface area contributed by atoms with Crippen LogP contribution in [-0.2, 0) is 0 Å². The summed E-state index contributed by atoms with van der Waals surface area (Å²) in [5, 5.41) is 3.15. The maximum atomic E-state index is 11.8. The molecule has 18 heavy (non-hydrogen) atoms. The summed E-state index contributed by atoms with van der Waals surface area (Å²) in [7, 11) is 0. The molecule has 1 N–H and O–H groups in total. The lowest BCUT2D eigenvalue weighted by molar-refractivity contribution is 0.630. The molecule has 0 atom stereocenters. The molecular weight excluding hydrogens is 228 g/mol. The summed E-state index contributed by atoms with van der Waals surface area (Å²) < 4.78 is 0. The van der Waals surface area contributed by atoms with Gasteiger partial charge in [-0.15, -0.1) is 0 Å². The second-order valence-electron chi connectivity index (χ2n) is 5.74. The predicted octanol–water partition coefficient (Wildman–Crippen LogP) is 2.12. The monoisotopic (exact) mass is 252 g/mol. The molecular formula is C14H24N2O2. The van der Waals surface area contributed by atoms with E-state index >= 15 is 0 Å². The minimum absolute atomic E-state index is 0.207. The van der Waals surface area contributed by atoms with E-state index in [-0.39, 0.29) is 16.4 Å². The molecule has 0 saturated heterocycles. The van der Waals surface area contributed by atoms with Gasteiger partial charge in [-0.3, -0.25) is 9.59 Å². The molecule has 1 aromatic carbocycles. The average molecular weight is 252 g/mol. The van der Waals surface area contributed by atoms with Gasteiger partial charge in [-0.2, -0.15) is 0 Å². The fourth-order valence-corrected chi connectivity index (χ4v) is 2.05. The van der Waals surface area contributed by atoms with E-state index in [9.17, 15) is 9.59 Å². The van der Waals surface area contributed by atoms with Gasteiger partial charge >= 0.3 is 0 Å². The van der Waals surface area contributed by atoms with Crippen molar-refractivity contribution < 1.29 is 0 Å². The summed E-state index contributed by atoms with van der Waals surface area (Å²) in [6.07, 6.45) is 1.93. The third kappa shape index (κ3) is 3.12. The first-order valence-electron chi connectivity index (χ1n) is 6.68. The van der Waals surface area contributed by atoms with E-state index < -0.39 is 0 Å². The van der Waals surface area contributed by atoms with E-state index in [0.717, 1.165) is 25.9 Å². The largest absolute Gasteiger partial charge is 0.375 e. The highest BCUT2D eigenvalue weighted by atomic mass is 16.2. The van der Waals surface area contributed by atoms with E-state index in [2.05, 4.69) is 19.2 Å². The standard InChI is InChI=1S/C14H24N2O2/c1-6-8-16(9-7-2)11-10(12(17)13(11)18)15-14(3,4)5/h15H,6-9H2,1-5H3. The van der Waals surface area contributed by atoms with Crippen LogP contribution in [0.5, 0.6) is 0 Å². The lowest BCUT2D eigenvalue weighted by Crippen LogP contribution is -2.45. The third-order valence-corrected chi connectivity index (χ3v) is 2.69. The van der Waals surface area contributed by atoms with Gasteiger partial charge in [-0.05, 0) is 33.6 Å². The Morgan fingerprint density at radius 1 is 1.00 bits per heavy atom. The van der Waals surface area contributed by atoms with Crippen LogP contribution in [0.4, 0.5) is 11.4 Å². The highest BCUT2D eigenvalue weighted by molar-refractivity contribution is 5.75. The normalized spacial score (nSPS) is 11.8. The van der Waals surface area contributed by atoms with Crippen molar-refractivity contribution in [2.45, 2.75) is 53.0 Å². The molecule has 0 radical (unpaired) electrons. The number of anilines is 2. The molecule has 1 aromatic rings. The Bertz CT molecular complexity index is 459. The molecule has 0 fully saturated rings. The fraction of sp³-hybridized carbons (Fsp3) is 0.714. The van der Waals surface area contributed by atoms with Crippen molar-refractivity contribution in [1.29, 1.82) is 0 Å². The van der Waals surface area contributed by atoms with Crippen molar-refractivity contribution >= 4 is 11.4 Å². The highest BCUT2D eigenvalue weighted by Crippen LogP contribution is 2.23.